The van der Waals surface area contributed by atoms with Crippen LogP contribution in [0.5, 0.6) is 0 Å². The molecule has 1 aliphatic rings. The van der Waals surface area contributed by atoms with Crippen LogP contribution in [0.3, 0.4) is 0 Å². The van der Waals surface area contributed by atoms with Crippen LogP contribution in [-0.4, -0.2) is 14.4 Å². The maximum atomic E-state index is 4.78. The van der Waals surface area contributed by atoms with Gasteiger partial charge in [0.2, 0.25) is 0 Å². The number of hydrogen-bond donors (Lipinski definition) is 0. The Hall–Kier alpha value is -2.68. The molecule has 0 saturated carbocycles. The fourth-order valence-electron chi connectivity index (χ4n) is 2.29. The number of benzene rings is 1. The van der Waals surface area contributed by atoms with Crippen LogP contribution in [0.4, 0.5) is 0 Å². The van der Waals surface area contributed by atoms with Crippen LogP contribution in [0.1, 0.15) is 5.69 Å². The molecule has 1 aliphatic carbocycles. The van der Waals surface area contributed by atoms with Gasteiger partial charge < -0.3 is 0 Å². The van der Waals surface area contributed by atoms with Crippen molar-refractivity contribution in [3.8, 4) is 11.4 Å². The van der Waals surface area contributed by atoms with Gasteiger partial charge in [-0.25, -0.2) is 4.98 Å². The number of imidazole rings is 1. The molecule has 0 radical (unpaired) electrons. The van der Waals surface area contributed by atoms with E-state index in [1.807, 2.05) is 36.7 Å². The maximum Gasteiger partial charge on any atom is 0.145 e. The minimum atomic E-state index is 0.953. The highest BCUT2D eigenvalue weighted by Gasteiger charge is 2.15. The van der Waals surface area contributed by atoms with Gasteiger partial charge in [-0.1, -0.05) is 48.6 Å². The molecule has 3 nitrogen and oxygen atoms in total. The molecule has 4 rings (SSSR count). The van der Waals surface area contributed by atoms with E-state index in [0.29, 0.717) is 0 Å². The Labute approximate surface area is 110 Å². The topological polar surface area (TPSA) is 30.2 Å². The Morgan fingerprint density at radius 2 is 1.89 bits per heavy atom. The van der Waals surface area contributed by atoms with Crippen molar-refractivity contribution in [3.63, 3.8) is 0 Å². The van der Waals surface area contributed by atoms with E-state index in [9.17, 15) is 0 Å². The van der Waals surface area contributed by atoms with Crippen LogP contribution >= 0.6 is 0 Å². The van der Waals surface area contributed by atoms with E-state index < -0.39 is 0 Å². The van der Waals surface area contributed by atoms with Gasteiger partial charge in [0.15, 0.2) is 0 Å². The quantitative estimate of drug-likeness (QED) is 0.693. The van der Waals surface area contributed by atoms with Gasteiger partial charge in [0.25, 0.3) is 0 Å². The van der Waals surface area contributed by atoms with Gasteiger partial charge >= 0.3 is 0 Å². The summed E-state index contributed by atoms with van der Waals surface area (Å²) in [6, 6.07) is 10.2. The van der Waals surface area contributed by atoms with E-state index in [1.165, 1.54) is 0 Å². The molecular formula is C16H11N3. The molecule has 0 unspecified atom stereocenters. The molecular weight excluding hydrogens is 234 g/mol. The van der Waals surface area contributed by atoms with Crippen LogP contribution < -0.4 is 0 Å². The van der Waals surface area contributed by atoms with Crippen LogP contribution in [0.2, 0.25) is 0 Å². The van der Waals surface area contributed by atoms with Crippen LogP contribution in [-0.2, 0) is 0 Å². The summed E-state index contributed by atoms with van der Waals surface area (Å²) in [4.78, 5) is 8.99. The average molecular weight is 245 g/mol. The minimum Gasteiger partial charge on any atom is -0.296 e. The van der Waals surface area contributed by atoms with Gasteiger partial charge in [-0.2, -0.15) is 0 Å². The van der Waals surface area contributed by atoms with Crippen molar-refractivity contribution in [2.24, 2.45) is 0 Å². The highest BCUT2D eigenvalue weighted by Crippen LogP contribution is 2.29. The van der Waals surface area contributed by atoms with Crippen molar-refractivity contribution >= 4 is 11.1 Å². The molecule has 90 valence electrons. The second kappa shape index (κ2) is 3.92. The predicted molar refractivity (Wildman–Crippen MR) is 75.5 cm³/mol. The minimum absolute atomic E-state index is 0.953. The number of fused-ring (bicyclic) bond motifs is 1. The highest BCUT2D eigenvalue weighted by molar-refractivity contribution is 5.88. The van der Waals surface area contributed by atoms with Crippen molar-refractivity contribution in [2.45, 2.75) is 0 Å². The smallest absolute Gasteiger partial charge is 0.145 e. The van der Waals surface area contributed by atoms with E-state index in [0.717, 1.165) is 28.2 Å². The fourth-order valence-corrected chi connectivity index (χ4v) is 2.29. The van der Waals surface area contributed by atoms with Crippen molar-refractivity contribution in [3.05, 3.63) is 72.8 Å². The standard InChI is InChI=1S/C16H11N3/c1-2-5-13(6-3-1)16-18-15(12-7-4-8-12)14-11-17-9-10-19(14)16/h1-11H. The Morgan fingerprint density at radius 1 is 1.05 bits per heavy atom. The van der Waals surface area contributed by atoms with Gasteiger partial charge in [0, 0.05) is 23.5 Å². The number of aromatic nitrogens is 3. The molecule has 0 fully saturated rings. The molecule has 2 heterocycles. The highest BCUT2D eigenvalue weighted by atomic mass is 15.0. The number of allylic oxidation sites excluding steroid dienone is 4. The lowest BCUT2D eigenvalue weighted by Crippen LogP contribution is -1.89. The first-order valence-electron chi connectivity index (χ1n) is 6.20. The van der Waals surface area contributed by atoms with Crippen LogP contribution in [0.25, 0.3) is 22.5 Å². The molecule has 1 aromatic carbocycles. The van der Waals surface area contributed by atoms with Gasteiger partial charge in [0.05, 0.1) is 17.4 Å². The number of rotatable bonds is 2. The van der Waals surface area contributed by atoms with E-state index >= 15 is 0 Å². The molecule has 0 N–H and O–H groups in total. The molecule has 0 spiro atoms. The van der Waals surface area contributed by atoms with Crippen molar-refractivity contribution in [2.75, 3.05) is 0 Å². The Bertz CT molecular complexity index is 810. The van der Waals surface area contributed by atoms with E-state index in [4.69, 9.17) is 4.98 Å². The molecule has 0 bridgehead atoms. The zero-order valence-electron chi connectivity index (χ0n) is 10.2. The summed E-state index contributed by atoms with van der Waals surface area (Å²) in [5.74, 6) is 0.953. The Morgan fingerprint density at radius 3 is 2.63 bits per heavy atom. The fraction of sp³-hybridized carbons (Fsp3) is 0. The van der Waals surface area contributed by atoms with E-state index in [2.05, 4.69) is 33.7 Å². The summed E-state index contributed by atoms with van der Waals surface area (Å²) in [5, 5.41) is 0. The third-order valence-corrected chi connectivity index (χ3v) is 3.30. The van der Waals surface area contributed by atoms with E-state index in [1.54, 1.807) is 6.20 Å². The van der Waals surface area contributed by atoms with Crippen molar-refractivity contribution < 1.29 is 0 Å². The van der Waals surface area contributed by atoms with Crippen LogP contribution in [0.15, 0.2) is 67.2 Å². The zero-order chi connectivity index (χ0) is 12.7. The Kier molecular flexibility index (Phi) is 2.12. The molecule has 0 saturated heterocycles. The first-order chi connectivity index (χ1) is 9.43. The summed E-state index contributed by atoms with van der Waals surface area (Å²) in [6.45, 7) is 0. The molecule has 3 aromatic rings. The lowest BCUT2D eigenvalue weighted by molar-refractivity contribution is 1.12. The molecule has 0 amide bonds. The third-order valence-electron chi connectivity index (χ3n) is 3.30. The average Bonchev–Trinajstić information content (AvgIpc) is 2.78. The van der Waals surface area contributed by atoms with Gasteiger partial charge in [0.1, 0.15) is 5.82 Å². The summed E-state index contributed by atoms with van der Waals surface area (Å²) in [7, 11) is 0. The first-order valence-corrected chi connectivity index (χ1v) is 6.20. The molecule has 19 heavy (non-hydrogen) atoms. The van der Waals surface area contributed by atoms with Gasteiger partial charge in [-0.15, -0.1) is 0 Å². The summed E-state index contributed by atoms with van der Waals surface area (Å²) >= 11 is 0. The van der Waals surface area contributed by atoms with Crippen LogP contribution in [0, 0.1) is 0 Å². The molecule has 2 aromatic heterocycles. The maximum absolute atomic E-state index is 4.78. The molecule has 0 atom stereocenters. The van der Waals surface area contributed by atoms with Gasteiger partial charge in [-0.05, 0) is 0 Å². The second-order valence-electron chi connectivity index (χ2n) is 4.46. The van der Waals surface area contributed by atoms with Gasteiger partial charge in [-0.3, -0.25) is 9.38 Å². The van der Waals surface area contributed by atoms with E-state index in [-0.39, 0.29) is 0 Å². The number of hydrogen-bond acceptors (Lipinski definition) is 2. The SMILES string of the molecule is C1=CC(c2nc(-c3ccccc3)n3ccncc23)=C1. The van der Waals surface area contributed by atoms with Crippen molar-refractivity contribution in [1.29, 1.82) is 0 Å². The lowest BCUT2D eigenvalue weighted by atomic mass is 10.1. The second-order valence-corrected chi connectivity index (χ2v) is 4.46. The third kappa shape index (κ3) is 1.52. The molecule has 0 aliphatic heterocycles. The summed E-state index contributed by atoms with van der Waals surface area (Å²) < 4.78 is 2.09. The zero-order valence-corrected chi connectivity index (χ0v) is 10.2. The lowest BCUT2D eigenvalue weighted by Gasteiger charge is -2.03. The molecule has 3 heteroatoms. The first kappa shape index (κ1) is 10.3. The monoisotopic (exact) mass is 245 g/mol. The van der Waals surface area contributed by atoms with Crippen molar-refractivity contribution in [1.82, 2.24) is 14.4 Å². The Balaban J connectivity index is 2.01. The largest absolute Gasteiger partial charge is 0.296 e. The number of nitrogens with zero attached hydrogens (tertiary/aromatic N) is 3. The predicted octanol–water partition coefficient (Wildman–Crippen LogP) is 3.35. The summed E-state index contributed by atoms with van der Waals surface area (Å²) in [5.41, 5.74) is 4.30. The summed E-state index contributed by atoms with van der Waals surface area (Å²) in [6.07, 6.45) is 11.8. The normalized spacial score (nSPS) is 13.4.